The molecule has 1 saturated carbocycles. The molecule has 1 rings (SSSR count). The Morgan fingerprint density at radius 3 is 2.44 bits per heavy atom. The molecule has 96 valence electrons. The van der Waals surface area contributed by atoms with E-state index in [9.17, 15) is 4.79 Å². The van der Waals surface area contributed by atoms with Crippen molar-refractivity contribution in [2.75, 3.05) is 13.6 Å². The molecule has 0 aromatic heterocycles. The van der Waals surface area contributed by atoms with Crippen LogP contribution in [0.2, 0.25) is 0 Å². The Bertz CT molecular complexity index is 205. The molecule has 3 nitrogen and oxygen atoms in total. The lowest BCUT2D eigenvalue weighted by Crippen LogP contribution is -2.40. The van der Waals surface area contributed by atoms with E-state index in [0.29, 0.717) is 12.5 Å². The Labute approximate surface area is 105 Å². The van der Waals surface area contributed by atoms with Gasteiger partial charge >= 0.3 is 0 Å². The number of halogens is 1. The summed E-state index contributed by atoms with van der Waals surface area (Å²) in [4.78, 5) is 13.7. The van der Waals surface area contributed by atoms with Crippen LogP contribution in [0.1, 0.15) is 45.4 Å². The molecule has 2 N–H and O–H groups in total. The van der Waals surface area contributed by atoms with Crippen molar-refractivity contribution in [2.45, 2.75) is 51.5 Å². The zero-order valence-corrected chi connectivity index (χ0v) is 11.3. The average Bonchev–Trinajstić information content (AvgIpc) is 2.28. The highest BCUT2D eigenvalue weighted by molar-refractivity contribution is 5.85. The fraction of sp³-hybridized carbons (Fsp3) is 0.917. The number of likely N-dealkylation sites (N-methyl/N-ethyl adjacent to an activating group) is 1. The van der Waals surface area contributed by atoms with Gasteiger partial charge in [0, 0.05) is 26.1 Å². The van der Waals surface area contributed by atoms with Gasteiger partial charge in [0.2, 0.25) is 5.91 Å². The number of carbonyl (C=O) groups excluding carboxylic acids is 1. The predicted molar refractivity (Wildman–Crippen MR) is 69.7 cm³/mol. The molecule has 1 aliphatic carbocycles. The zero-order valence-electron chi connectivity index (χ0n) is 10.4. The van der Waals surface area contributed by atoms with Crippen LogP contribution < -0.4 is 5.73 Å². The lowest BCUT2D eigenvalue weighted by atomic mass is 9.86. The molecule has 0 aliphatic heterocycles. The molecule has 1 amide bonds. The van der Waals surface area contributed by atoms with E-state index in [4.69, 9.17) is 5.73 Å². The van der Waals surface area contributed by atoms with Crippen LogP contribution in [0, 0.1) is 5.92 Å². The summed E-state index contributed by atoms with van der Waals surface area (Å²) >= 11 is 0. The summed E-state index contributed by atoms with van der Waals surface area (Å²) in [5.74, 6) is 0.888. The van der Waals surface area contributed by atoms with E-state index in [-0.39, 0.29) is 24.4 Å². The first kappa shape index (κ1) is 15.7. The van der Waals surface area contributed by atoms with Crippen molar-refractivity contribution < 1.29 is 4.79 Å². The molecule has 4 heteroatoms. The maximum absolute atomic E-state index is 11.9. The SMILES string of the molecule is CC(CN)N(C)C(=O)CC1CCCCC1.Cl. The van der Waals surface area contributed by atoms with Gasteiger partial charge in [-0.1, -0.05) is 19.3 Å². The third-order valence-corrected chi connectivity index (χ3v) is 3.58. The molecule has 0 spiro atoms. The van der Waals surface area contributed by atoms with Gasteiger partial charge in [0.05, 0.1) is 0 Å². The number of rotatable bonds is 4. The van der Waals surface area contributed by atoms with Gasteiger partial charge < -0.3 is 10.6 Å². The van der Waals surface area contributed by atoms with E-state index in [0.717, 1.165) is 6.42 Å². The van der Waals surface area contributed by atoms with Crippen molar-refractivity contribution in [2.24, 2.45) is 11.7 Å². The average molecular weight is 249 g/mol. The quantitative estimate of drug-likeness (QED) is 0.829. The first-order valence-corrected chi connectivity index (χ1v) is 6.11. The molecular formula is C12H25ClN2O. The molecule has 1 fully saturated rings. The van der Waals surface area contributed by atoms with Gasteiger partial charge in [0.25, 0.3) is 0 Å². The van der Waals surface area contributed by atoms with E-state index >= 15 is 0 Å². The third-order valence-electron chi connectivity index (χ3n) is 3.58. The minimum absolute atomic E-state index is 0. The second-order valence-corrected chi connectivity index (χ2v) is 4.80. The summed E-state index contributed by atoms with van der Waals surface area (Å²) in [6.07, 6.45) is 7.13. The van der Waals surface area contributed by atoms with Crippen LogP contribution in [0.3, 0.4) is 0 Å². The van der Waals surface area contributed by atoms with Gasteiger partial charge in [-0.25, -0.2) is 0 Å². The first-order valence-electron chi connectivity index (χ1n) is 6.11. The lowest BCUT2D eigenvalue weighted by molar-refractivity contribution is -0.132. The summed E-state index contributed by atoms with van der Waals surface area (Å²) in [6.45, 7) is 2.55. The highest BCUT2D eigenvalue weighted by atomic mass is 35.5. The minimum Gasteiger partial charge on any atom is -0.342 e. The molecule has 0 saturated heterocycles. The Morgan fingerprint density at radius 1 is 1.38 bits per heavy atom. The van der Waals surface area contributed by atoms with Crippen LogP contribution in [-0.4, -0.2) is 30.4 Å². The molecule has 0 radical (unpaired) electrons. The largest absolute Gasteiger partial charge is 0.342 e. The lowest BCUT2D eigenvalue weighted by Gasteiger charge is -2.27. The highest BCUT2D eigenvalue weighted by Gasteiger charge is 2.20. The molecule has 0 aromatic rings. The van der Waals surface area contributed by atoms with E-state index in [1.165, 1.54) is 32.1 Å². The van der Waals surface area contributed by atoms with Crippen LogP contribution in [-0.2, 0) is 4.79 Å². The zero-order chi connectivity index (χ0) is 11.3. The predicted octanol–water partition coefficient (Wildman–Crippen LogP) is 2.18. The Balaban J connectivity index is 0.00000225. The van der Waals surface area contributed by atoms with Crippen LogP contribution in [0.4, 0.5) is 0 Å². The summed E-state index contributed by atoms with van der Waals surface area (Å²) in [7, 11) is 1.86. The van der Waals surface area contributed by atoms with Crippen molar-refractivity contribution in [1.29, 1.82) is 0 Å². The van der Waals surface area contributed by atoms with Crippen LogP contribution in [0.5, 0.6) is 0 Å². The van der Waals surface area contributed by atoms with Crippen molar-refractivity contribution >= 4 is 18.3 Å². The number of nitrogens with zero attached hydrogens (tertiary/aromatic N) is 1. The maximum atomic E-state index is 11.9. The van der Waals surface area contributed by atoms with Gasteiger partial charge in [-0.2, -0.15) is 0 Å². The monoisotopic (exact) mass is 248 g/mol. The van der Waals surface area contributed by atoms with E-state index < -0.39 is 0 Å². The smallest absolute Gasteiger partial charge is 0.222 e. The third kappa shape index (κ3) is 4.71. The summed E-state index contributed by atoms with van der Waals surface area (Å²) < 4.78 is 0. The molecule has 1 aliphatic rings. The van der Waals surface area contributed by atoms with Crippen LogP contribution in [0.15, 0.2) is 0 Å². The van der Waals surface area contributed by atoms with Gasteiger partial charge in [-0.3, -0.25) is 4.79 Å². The van der Waals surface area contributed by atoms with Gasteiger partial charge in [0.1, 0.15) is 0 Å². The molecule has 0 heterocycles. The molecule has 16 heavy (non-hydrogen) atoms. The number of hydrogen-bond donors (Lipinski definition) is 1. The first-order chi connectivity index (χ1) is 7.15. The van der Waals surface area contributed by atoms with Crippen molar-refractivity contribution in [3.05, 3.63) is 0 Å². The highest BCUT2D eigenvalue weighted by Crippen LogP contribution is 2.26. The van der Waals surface area contributed by atoms with Gasteiger partial charge in [-0.05, 0) is 25.7 Å². The molecular weight excluding hydrogens is 224 g/mol. The van der Waals surface area contributed by atoms with Crippen LogP contribution >= 0.6 is 12.4 Å². The van der Waals surface area contributed by atoms with Gasteiger partial charge in [0.15, 0.2) is 0 Å². The van der Waals surface area contributed by atoms with E-state index in [2.05, 4.69) is 0 Å². The fourth-order valence-corrected chi connectivity index (χ4v) is 2.19. The standard InChI is InChI=1S/C12H24N2O.ClH/c1-10(9-13)14(2)12(15)8-11-6-4-3-5-7-11;/h10-11H,3-9,13H2,1-2H3;1H. The van der Waals surface area contributed by atoms with E-state index in [1.807, 2.05) is 14.0 Å². The number of carbonyl (C=O) groups is 1. The summed E-state index contributed by atoms with van der Waals surface area (Å²) in [5, 5.41) is 0. The van der Waals surface area contributed by atoms with Gasteiger partial charge in [-0.15, -0.1) is 12.4 Å². The minimum atomic E-state index is 0. The Kier molecular flexibility index (Phi) is 7.77. The normalized spacial score (nSPS) is 18.7. The number of nitrogens with two attached hydrogens (primary N) is 1. The molecule has 0 bridgehead atoms. The second-order valence-electron chi connectivity index (χ2n) is 4.80. The van der Waals surface area contributed by atoms with E-state index in [1.54, 1.807) is 4.90 Å². The molecule has 1 unspecified atom stereocenters. The van der Waals surface area contributed by atoms with Crippen molar-refractivity contribution in [3.63, 3.8) is 0 Å². The topological polar surface area (TPSA) is 46.3 Å². The van der Waals surface area contributed by atoms with Crippen molar-refractivity contribution in [1.82, 2.24) is 4.90 Å². The van der Waals surface area contributed by atoms with Crippen molar-refractivity contribution in [3.8, 4) is 0 Å². The summed E-state index contributed by atoms with van der Waals surface area (Å²) in [6, 6.07) is 0.168. The summed E-state index contributed by atoms with van der Waals surface area (Å²) in [5.41, 5.74) is 5.55. The number of hydrogen-bond acceptors (Lipinski definition) is 2. The Morgan fingerprint density at radius 2 is 1.94 bits per heavy atom. The molecule has 1 atom stereocenters. The number of amides is 1. The van der Waals surface area contributed by atoms with Crippen LogP contribution in [0.25, 0.3) is 0 Å². The Hall–Kier alpha value is -0.280. The fourth-order valence-electron chi connectivity index (χ4n) is 2.19. The molecule has 0 aromatic carbocycles. The maximum Gasteiger partial charge on any atom is 0.222 e. The second kappa shape index (κ2) is 7.91.